The summed E-state index contributed by atoms with van der Waals surface area (Å²) in [5.41, 5.74) is 1.23. The van der Waals surface area contributed by atoms with Gasteiger partial charge in [0.15, 0.2) is 0 Å². The monoisotopic (exact) mass is 391 g/mol. The molecular formula is C14H16BrCl2N3O. The Kier molecular flexibility index (Phi) is 5.68. The van der Waals surface area contributed by atoms with Gasteiger partial charge < -0.3 is 10.0 Å². The van der Waals surface area contributed by atoms with Crippen molar-refractivity contribution in [2.45, 2.75) is 12.6 Å². The van der Waals surface area contributed by atoms with E-state index in [1.807, 2.05) is 14.1 Å². The predicted molar refractivity (Wildman–Crippen MR) is 89.0 cm³/mol. The zero-order valence-electron chi connectivity index (χ0n) is 11.7. The van der Waals surface area contributed by atoms with E-state index in [4.69, 9.17) is 23.2 Å². The highest BCUT2D eigenvalue weighted by molar-refractivity contribution is 9.10. The van der Waals surface area contributed by atoms with Gasteiger partial charge in [0.1, 0.15) is 6.10 Å². The second kappa shape index (κ2) is 7.11. The van der Waals surface area contributed by atoms with Crippen molar-refractivity contribution >= 4 is 39.1 Å². The van der Waals surface area contributed by atoms with Gasteiger partial charge in [0, 0.05) is 12.1 Å². The fourth-order valence-electron chi connectivity index (χ4n) is 2.00. The van der Waals surface area contributed by atoms with E-state index in [2.05, 4.69) is 25.9 Å². The summed E-state index contributed by atoms with van der Waals surface area (Å²) in [5.74, 6) is 0. The molecule has 2 rings (SSSR count). The third kappa shape index (κ3) is 3.79. The molecule has 7 heteroatoms. The number of aliphatic hydroxyl groups is 1. The molecule has 0 amide bonds. The Labute approximate surface area is 142 Å². The first-order chi connectivity index (χ1) is 9.91. The Morgan fingerprint density at radius 2 is 2.10 bits per heavy atom. The Bertz CT molecular complexity index is 631. The molecule has 21 heavy (non-hydrogen) atoms. The number of hydrogen-bond donors (Lipinski definition) is 1. The van der Waals surface area contributed by atoms with Crippen molar-refractivity contribution in [2.24, 2.45) is 0 Å². The van der Waals surface area contributed by atoms with Crippen LogP contribution in [-0.4, -0.2) is 40.4 Å². The second-order valence-corrected chi connectivity index (χ2v) is 6.59. The Hall–Kier alpha value is -0.590. The maximum absolute atomic E-state index is 10.7. The van der Waals surface area contributed by atoms with Crippen LogP contribution >= 0.6 is 39.1 Å². The van der Waals surface area contributed by atoms with E-state index in [9.17, 15) is 5.11 Å². The van der Waals surface area contributed by atoms with E-state index in [0.29, 0.717) is 27.8 Å². The van der Waals surface area contributed by atoms with Crippen molar-refractivity contribution in [3.8, 4) is 0 Å². The molecule has 0 saturated carbocycles. The first-order valence-electron chi connectivity index (χ1n) is 6.39. The summed E-state index contributed by atoms with van der Waals surface area (Å²) in [6, 6.07) is 5.22. The number of aromatic nitrogens is 2. The van der Waals surface area contributed by atoms with Crippen LogP contribution in [0.3, 0.4) is 0 Å². The molecule has 2 aromatic rings. The molecule has 1 aromatic heterocycles. The van der Waals surface area contributed by atoms with Gasteiger partial charge in [-0.2, -0.15) is 5.10 Å². The van der Waals surface area contributed by atoms with Crippen LogP contribution in [0.5, 0.6) is 0 Å². The number of aliphatic hydroxyl groups excluding tert-OH is 1. The van der Waals surface area contributed by atoms with E-state index in [0.717, 1.165) is 11.0 Å². The van der Waals surface area contributed by atoms with Crippen LogP contribution in [0.25, 0.3) is 0 Å². The van der Waals surface area contributed by atoms with Crippen LogP contribution in [0.2, 0.25) is 10.0 Å². The quantitative estimate of drug-likeness (QED) is 0.845. The van der Waals surface area contributed by atoms with E-state index in [1.165, 1.54) is 0 Å². The first-order valence-corrected chi connectivity index (χ1v) is 7.94. The van der Waals surface area contributed by atoms with E-state index in [-0.39, 0.29) is 0 Å². The Morgan fingerprint density at radius 1 is 1.38 bits per heavy atom. The smallest absolute Gasteiger partial charge is 0.123 e. The van der Waals surface area contributed by atoms with Crippen molar-refractivity contribution in [2.75, 3.05) is 20.6 Å². The van der Waals surface area contributed by atoms with Crippen LogP contribution in [0.4, 0.5) is 0 Å². The molecule has 1 aromatic carbocycles. The van der Waals surface area contributed by atoms with Crippen molar-refractivity contribution in [1.82, 2.24) is 14.7 Å². The third-order valence-corrected chi connectivity index (χ3v) is 4.57. The molecule has 0 aliphatic heterocycles. The number of rotatable bonds is 5. The second-order valence-electron chi connectivity index (χ2n) is 4.95. The lowest BCUT2D eigenvalue weighted by Gasteiger charge is -2.17. The number of likely N-dealkylation sites (N-methyl/N-ethyl adjacent to an activating group) is 1. The van der Waals surface area contributed by atoms with Crippen LogP contribution in [0, 0.1) is 0 Å². The van der Waals surface area contributed by atoms with Crippen LogP contribution < -0.4 is 0 Å². The largest absolute Gasteiger partial charge is 0.382 e. The minimum Gasteiger partial charge on any atom is -0.382 e. The Morgan fingerprint density at radius 3 is 2.76 bits per heavy atom. The maximum Gasteiger partial charge on any atom is 0.123 e. The highest BCUT2D eigenvalue weighted by atomic mass is 79.9. The standard InChI is InChI=1S/C14H16BrCl2N3O/c1-19(2)6-7-20-13(10(15)8-18-20)14(21)9-4-3-5-11(16)12(9)17/h3-5,8,14,21H,6-7H2,1-2H3. The summed E-state index contributed by atoms with van der Waals surface area (Å²) in [5, 5.41) is 15.7. The van der Waals surface area contributed by atoms with E-state index >= 15 is 0 Å². The van der Waals surface area contributed by atoms with Crippen molar-refractivity contribution in [3.05, 3.63) is 50.2 Å². The highest BCUT2D eigenvalue weighted by Gasteiger charge is 2.22. The molecule has 0 saturated heterocycles. The van der Waals surface area contributed by atoms with Crippen molar-refractivity contribution < 1.29 is 5.11 Å². The van der Waals surface area contributed by atoms with Crippen LogP contribution in [0.15, 0.2) is 28.9 Å². The molecule has 1 unspecified atom stereocenters. The molecule has 1 heterocycles. The Balaban J connectivity index is 2.36. The minimum absolute atomic E-state index is 0.360. The van der Waals surface area contributed by atoms with Gasteiger partial charge in [0.05, 0.1) is 33.0 Å². The van der Waals surface area contributed by atoms with E-state index in [1.54, 1.807) is 29.1 Å². The number of hydrogen-bond acceptors (Lipinski definition) is 3. The summed E-state index contributed by atoms with van der Waals surface area (Å²) in [6.07, 6.45) is 0.780. The molecule has 0 aliphatic carbocycles. The molecular weight excluding hydrogens is 377 g/mol. The third-order valence-electron chi connectivity index (χ3n) is 3.13. The first kappa shape index (κ1) is 16.8. The van der Waals surface area contributed by atoms with Gasteiger partial charge in [0.2, 0.25) is 0 Å². The zero-order chi connectivity index (χ0) is 15.6. The zero-order valence-corrected chi connectivity index (χ0v) is 14.8. The summed E-state index contributed by atoms with van der Waals surface area (Å²) in [4.78, 5) is 2.05. The van der Waals surface area contributed by atoms with Crippen LogP contribution in [-0.2, 0) is 6.54 Å². The van der Waals surface area contributed by atoms with Crippen LogP contribution in [0.1, 0.15) is 17.4 Å². The number of nitrogens with zero attached hydrogens (tertiary/aromatic N) is 3. The summed E-state index contributed by atoms with van der Waals surface area (Å²) in [7, 11) is 3.98. The van der Waals surface area contributed by atoms with Crippen molar-refractivity contribution in [1.29, 1.82) is 0 Å². The molecule has 4 nitrogen and oxygen atoms in total. The number of benzene rings is 1. The van der Waals surface area contributed by atoms with Gasteiger partial charge in [-0.15, -0.1) is 0 Å². The topological polar surface area (TPSA) is 41.3 Å². The fourth-order valence-corrected chi connectivity index (χ4v) is 2.92. The molecule has 0 radical (unpaired) electrons. The molecule has 1 atom stereocenters. The summed E-state index contributed by atoms with van der Waals surface area (Å²) >= 11 is 15.6. The molecule has 0 aliphatic rings. The molecule has 1 N–H and O–H groups in total. The lowest BCUT2D eigenvalue weighted by atomic mass is 10.1. The molecule has 0 bridgehead atoms. The molecule has 114 valence electrons. The lowest BCUT2D eigenvalue weighted by molar-refractivity contribution is 0.205. The lowest BCUT2D eigenvalue weighted by Crippen LogP contribution is -2.21. The van der Waals surface area contributed by atoms with Gasteiger partial charge in [0.25, 0.3) is 0 Å². The maximum atomic E-state index is 10.7. The highest BCUT2D eigenvalue weighted by Crippen LogP contribution is 2.35. The average Bonchev–Trinajstić information content (AvgIpc) is 2.80. The molecule has 0 spiro atoms. The average molecular weight is 393 g/mol. The van der Waals surface area contributed by atoms with E-state index < -0.39 is 6.10 Å². The van der Waals surface area contributed by atoms with Gasteiger partial charge >= 0.3 is 0 Å². The predicted octanol–water partition coefficient (Wildman–Crippen LogP) is 3.60. The van der Waals surface area contributed by atoms with Gasteiger partial charge in [-0.3, -0.25) is 4.68 Å². The summed E-state index contributed by atoms with van der Waals surface area (Å²) < 4.78 is 2.51. The van der Waals surface area contributed by atoms with Gasteiger partial charge in [-0.25, -0.2) is 0 Å². The van der Waals surface area contributed by atoms with Gasteiger partial charge in [-0.05, 0) is 36.1 Å². The molecule has 0 fully saturated rings. The minimum atomic E-state index is -0.893. The fraction of sp³-hybridized carbons (Fsp3) is 0.357. The normalized spacial score (nSPS) is 12.9. The van der Waals surface area contributed by atoms with Gasteiger partial charge in [-0.1, -0.05) is 35.3 Å². The van der Waals surface area contributed by atoms with Crippen molar-refractivity contribution in [3.63, 3.8) is 0 Å². The summed E-state index contributed by atoms with van der Waals surface area (Å²) in [6.45, 7) is 1.49. The SMILES string of the molecule is CN(C)CCn1ncc(Br)c1C(O)c1cccc(Cl)c1Cl. The number of halogens is 3.